The molecule has 0 aliphatic carbocycles. The normalized spacial score (nSPS) is 11.3. The van der Waals surface area contributed by atoms with Gasteiger partial charge in [0.2, 0.25) is 0 Å². The number of aryl methyl sites for hydroxylation is 4. The van der Waals surface area contributed by atoms with Crippen LogP contribution >= 0.6 is 0 Å². The van der Waals surface area contributed by atoms with Gasteiger partial charge in [0.1, 0.15) is 0 Å². The summed E-state index contributed by atoms with van der Waals surface area (Å²) in [6, 6.07) is 13.7. The van der Waals surface area contributed by atoms with Crippen molar-refractivity contribution in [3.05, 3.63) is 69.8 Å². The Morgan fingerprint density at radius 2 is 1.08 bits per heavy atom. The first-order valence-electron chi connectivity index (χ1n) is 9.51. The van der Waals surface area contributed by atoms with Gasteiger partial charge in [-0.05, 0) is 61.8 Å². The van der Waals surface area contributed by atoms with E-state index in [-0.39, 0.29) is 0 Å². The molecule has 0 unspecified atom stereocenters. The van der Waals surface area contributed by atoms with Crippen LogP contribution in [0.25, 0.3) is 12.2 Å². The van der Waals surface area contributed by atoms with Crippen LogP contribution < -0.4 is 0 Å². The van der Waals surface area contributed by atoms with Gasteiger partial charge in [0.25, 0.3) is 0 Å². The molecule has 0 nitrogen and oxygen atoms in total. The Bertz CT molecular complexity index is 617. The third-order valence-corrected chi connectivity index (χ3v) is 4.64. The fraction of sp³-hybridized carbons (Fsp3) is 0.417. The lowest BCUT2D eigenvalue weighted by Crippen LogP contribution is -1.92. The maximum Gasteiger partial charge on any atom is -0.0224 e. The number of rotatable bonds is 8. The van der Waals surface area contributed by atoms with Crippen molar-refractivity contribution in [1.82, 2.24) is 0 Å². The molecule has 24 heavy (non-hydrogen) atoms. The van der Waals surface area contributed by atoms with Gasteiger partial charge >= 0.3 is 0 Å². The average molecular weight is 321 g/mol. The van der Waals surface area contributed by atoms with Gasteiger partial charge in [-0.3, -0.25) is 0 Å². The molecule has 2 aromatic carbocycles. The van der Waals surface area contributed by atoms with Crippen molar-refractivity contribution < 1.29 is 0 Å². The molecule has 0 atom stereocenters. The summed E-state index contributed by atoms with van der Waals surface area (Å²) >= 11 is 0. The summed E-state index contributed by atoms with van der Waals surface area (Å²) < 4.78 is 0. The predicted molar refractivity (Wildman–Crippen MR) is 109 cm³/mol. The van der Waals surface area contributed by atoms with E-state index in [1.54, 1.807) is 0 Å². The molecule has 0 aliphatic heterocycles. The highest BCUT2D eigenvalue weighted by molar-refractivity contribution is 5.73. The molecule has 0 aromatic heterocycles. The smallest absolute Gasteiger partial charge is 0.0224 e. The molecule has 0 aliphatic rings. The van der Waals surface area contributed by atoms with Gasteiger partial charge < -0.3 is 0 Å². The highest BCUT2D eigenvalue weighted by atomic mass is 14.1. The summed E-state index contributed by atoms with van der Waals surface area (Å²) in [5.74, 6) is 0. The Morgan fingerprint density at radius 1 is 0.667 bits per heavy atom. The van der Waals surface area contributed by atoms with Crippen molar-refractivity contribution in [3.8, 4) is 0 Å². The summed E-state index contributed by atoms with van der Waals surface area (Å²) in [6.07, 6.45) is 12.0. The Morgan fingerprint density at radius 3 is 1.46 bits per heavy atom. The second-order valence-corrected chi connectivity index (χ2v) is 6.94. The third-order valence-electron chi connectivity index (χ3n) is 4.64. The van der Waals surface area contributed by atoms with E-state index in [0.29, 0.717) is 0 Å². The minimum Gasteiger partial charge on any atom is -0.0654 e. The summed E-state index contributed by atoms with van der Waals surface area (Å²) in [5.41, 5.74) is 8.42. The number of benzene rings is 2. The van der Waals surface area contributed by atoms with Crippen LogP contribution in [0.5, 0.6) is 0 Å². The fourth-order valence-electron chi connectivity index (χ4n) is 3.14. The van der Waals surface area contributed by atoms with Gasteiger partial charge in [-0.1, -0.05) is 86.4 Å². The molecule has 0 amide bonds. The molecular weight excluding hydrogens is 288 g/mol. The molecule has 128 valence electrons. The minimum absolute atomic E-state index is 1.18. The fourth-order valence-corrected chi connectivity index (χ4v) is 3.14. The van der Waals surface area contributed by atoms with Crippen molar-refractivity contribution in [2.75, 3.05) is 0 Å². The Hall–Kier alpha value is -1.82. The predicted octanol–water partition coefficient (Wildman–Crippen LogP) is 7.16. The van der Waals surface area contributed by atoms with E-state index < -0.39 is 0 Å². The lowest BCUT2D eigenvalue weighted by Gasteiger charge is -2.09. The molecule has 0 spiro atoms. The zero-order valence-electron chi connectivity index (χ0n) is 15.9. The average Bonchev–Trinajstić information content (AvgIpc) is 2.58. The van der Waals surface area contributed by atoms with Gasteiger partial charge in [0.15, 0.2) is 0 Å². The van der Waals surface area contributed by atoms with Crippen LogP contribution in [-0.2, 0) is 12.8 Å². The molecule has 0 saturated heterocycles. The molecular formula is C24H32. The van der Waals surface area contributed by atoms with Gasteiger partial charge in [0, 0.05) is 0 Å². The van der Waals surface area contributed by atoms with E-state index in [2.05, 4.69) is 76.2 Å². The van der Waals surface area contributed by atoms with Crippen molar-refractivity contribution in [2.45, 2.75) is 66.2 Å². The van der Waals surface area contributed by atoms with E-state index in [1.807, 2.05) is 0 Å². The Balaban J connectivity index is 2.27. The lowest BCUT2D eigenvalue weighted by molar-refractivity contribution is 0.793. The van der Waals surface area contributed by atoms with Crippen LogP contribution in [0.3, 0.4) is 0 Å². The molecule has 0 bridgehead atoms. The molecule has 0 heteroatoms. The van der Waals surface area contributed by atoms with E-state index in [1.165, 1.54) is 71.9 Å². The second kappa shape index (κ2) is 9.47. The monoisotopic (exact) mass is 320 g/mol. The number of hydrogen-bond acceptors (Lipinski definition) is 0. The van der Waals surface area contributed by atoms with E-state index in [0.717, 1.165) is 0 Å². The first-order valence-corrected chi connectivity index (χ1v) is 9.51. The molecule has 0 saturated carbocycles. The molecule has 0 N–H and O–H groups in total. The van der Waals surface area contributed by atoms with Crippen molar-refractivity contribution >= 4 is 12.2 Å². The van der Waals surface area contributed by atoms with Gasteiger partial charge in [-0.15, -0.1) is 0 Å². The van der Waals surface area contributed by atoms with E-state index in [9.17, 15) is 0 Å². The Labute approximate surface area is 148 Å². The standard InChI is InChI=1S/C24H32/c1-5-7-9-23-17-19(3)11-13-21(23)15-16-22-14-12-20(4)18-24(22)10-8-6-2/h11-18H,5-10H2,1-4H3. The first kappa shape index (κ1) is 18.5. The van der Waals surface area contributed by atoms with Crippen molar-refractivity contribution in [2.24, 2.45) is 0 Å². The summed E-state index contributed by atoms with van der Waals surface area (Å²) in [6.45, 7) is 8.90. The quantitative estimate of drug-likeness (QED) is 0.453. The van der Waals surface area contributed by atoms with Crippen LogP contribution in [0.4, 0.5) is 0 Å². The topological polar surface area (TPSA) is 0 Å². The molecule has 0 fully saturated rings. The number of unbranched alkanes of at least 4 members (excludes halogenated alkanes) is 2. The molecule has 2 rings (SSSR count). The Kier molecular flexibility index (Phi) is 7.31. The summed E-state index contributed by atoms with van der Waals surface area (Å²) in [7, 11) is 0. The van der Waals surface area contributed by atoms with Crippen LogP contribution in [0.15, 0.2) is 36.4 Å². The zero-order valence-corrected chi connectivity index (χ0v) is 15.9. The van der Waals surface area contributed by atoms with Crippen molar-refractivity contribution in [3.63, 3.8) is 0 Å². The zero-order chi connectivity index (χ0) is 17.4. The third kappa shape index (κ3) is 5.37. The number of hydrogen-bond donors (Lipinski definition) is 0. The molecule has 2 aromatic rings. The second-order valence-electron chi connectivity index (χ2n) is 6.94. The van der Waals surface area contributed by atoms with Crippen LogP contribution in [-0.4, -0.2) is 0 Å². The van der Waals surface area contributed by atoms with E-state index >= 15 is 0 Å². The first-order chi connectivity index (χ1) is 11.6. The van der Waals surface area contributed by atoms with Gasteiger partial charge in [0.05, 0.1) is 0 Å². The molecule has 0 radical (unpaired) electrons. The highest BCUT2D eigenvalue weighted by Crippen LogP contribution is 2.21. The summed E-state index contributed by atoms with van der Waals surface area (Å²) in [4.78, 5) is 0. The van der Waals surface area contributed by atoms with Crippen LogP contribution in [0.2, 0.25) is 0 Å². The maximum atomic E-state index is 2.35. The summed E-state index contributed by atoms with van der Waals surface area (Å²) in [5, 5.41) is 0. The molecule has 0 heterocycles. The SMILES string of the molecule is CCCCc1cc(C)ccc1C=Cc1ccc(C)cc1CCCC. The largest absolute Gasteiger partial charge is 0.0654 e. The van der Waals surface area contributed by atoms with Crippen LogP contribution in [0.1, 0.15) is 72.9 Å². The minimum atomic E-state index is 1.18. The van der Waals surface area contributed by atoms with E-state index in [4.69, 9.17) is 0 Å². The maximum absolute atomic E-state index is 2.35. The van der Waals surface area contributed by atoms with Crippen molar-refractivity contribution in [1.29, 1.82) is 0 Å². The van der Waals surface area contributed by atoms with Gasteiger partial charge in [-0.25, -0.2) is 0 Å². The van der Waals surface area contributed by atoms with Gasteiger partial charge in [-0.2, -0.15) is 0 Å². The van der Waals surface area contributed by atoms with Crippen LogP contribution in [0, 0.1) is 13.8 Å². The lowest BCUT2D eigenvalue weighted by atomic mass is 9.96. The highest BCUT2D eigenvalue weighted by Gasteiger charge is 2.03.